The van der Waals surface area contributed by atoms with Gasteiger partial charge in [0.05, 0.1) is 0 Å². The highest BCUT2D eigenvalue weighted by Gasteiger charge is 2.95. The first-order valence-electron chi connectivity index (χ1n) is 7.87. The summed E-state index contributed by atoms with van der Waals surface area (Å²) >= 11 is 0. The summed E-state index contributed by atoms with van der Waals surface area (Å²) in [4.78, 5) is 10.3. The Hall–Kier alpha value is -1.76. The molecule has 0 aliphatic carbocycles. The number of hydrogen-bond donors (Lipinski definition) is 2. The summed E-state index contributed by atoms with van der Waals surface area (Å²) in [6.07, 6.45) is -11.0. The average molecular weight is 534 g/mol. The van der Waals surface area contributed by atoms with E-state index in [4.69, 9.17) is 0 Å². The van der Waals surface area contributed by atoms with Crippen molar-refractivity contribution in [3.63, 3.8) is 0 Å². The molecular weight excluding hydrogens is 523 g/mol. The third kappa shape index (κ3) is 4.89. The normalized spacial score (nSPS) is 15.7. The molecule has 0 saturated carbocycles. The van der Waals surface area contributed by atoms with E-state index in [0.29, 0.717) is 0 Å². The Morgan fingerprint density at radius 2 is 0.879 bits per heavy atom. The number of primary amides is 1. The first-order valence-corrected chi connectivity index (χ1v) is 7.87. The van der Waals surface area contributed by atoms with Crippen LogP contribution in [0.2, 0.25) is 0 Å². The minimum absolute atomic E-state index is 0.648. The van der Waals surface area contributed by atoms with Crippen molar-refractivity contribution in [3.8, 4) is 0 Å². The molecule has 1 amide bonds. The van der Waals surface area contributed by atoms with Gasteiger partial charge in [0.25, 0.3) is 0 Å². The van der Waals surface area contributed by atoms with Crippen LogP contribution in [0.25, 0.3) is 0 Å². The van der Waals surface area contributed by atoms with Crippen molar-refractivity contribution in [2.45, 2.75) is 60.5 Å². The lowest BCUT2D eigenvalue weighted by Crippen LogP contribution is -2.74. The third-order valence-electron chi connectivity index (χ3n) is 3.95. The van der Waals surface area contributed by atoms with Crippen LogP contribution in [0, 0.1) is 0 Å². The Morgan fingerprint density at radius 1 is 0.545 bits per heavy atom. The molecule has 0 aliphatic heterocycles. The molecule has 198 valence electrons. The maximum absolute atomic E-state index is 13.5. The fraction of sp³-hybridized carbons (Fsp3) is 0.923. The van der Waals surface area contributed by atoms with Gasteiger partial charge in [-0.25, -0.2) is 0 Å². The first kappa shape index (κ1) is 31.2. The Balaban J connectivity index is 6.19. The predicted octanol–water partition coefficient (Wildman–Crippen LogP) is 4.85. The Morgan fingerprint density at radius 3 is 1.21 bits per heavy atom. The molecule has 0 aromatic rings. The number of carbonyl (C=O) groups excluding carboxylic acids is 1. The molecule has 0 bridgehead atoms. The van der Waals surface area contributed by atoms with E-state index in [1.807, 2.05) is 0 Å². The van der Waals surface area contributed by atoms with Crippen molar-refractivity contribution in [2.75, 3.05) is 13.1 Å². The quantitative estimate of drug-likeness (QED) is 0.278. The van der Waals surface area contributed by atoms with E-state index < -0.39 is 79.5 Å². The SMILES string of the molecule is NC(=O)CCNCCC(F)(F)C(F)(F)C(F)(F)C(F)(F)C(F)(F)C(F)(F)C(F)(F)C(F)(F)F. The zero-order valence-electron chi connectivity index (χ0n) is 15.2. The number of alkyl halides is 17. The van der Waals surface area contributed by atoms with Crippen LogP contribution < -0.4 is 11.1 Å². The zero-order valence-corrected chi connectivity index (χ0v) is 15.2. The van der Waals surface area contributed by atoms with Gasteiger partial charge in [-0.3, -0.25) is 4.79 Å². The summed E-state index contributed by atoms with van der Waals surface area (Å²) in [5, 5.41) is 1.69. The van der Waals surface area contributed by atoms with Gasteiger partial charge in [0.15, 0.2) is 0 Å². The van der Waals surface area contributed by atoms with E-state index in [1.165, 1.54) is 0 Å². The van der Waals surface area contributed by atoms with E-state index >= 15 is 0 Å². The number of halogens is 17. The van der Waals surface area contributed by atoms with Gasteiger partial charge in [0.1, 0.15) is 0 Å². The van der Waals surface area contributed by atoms with Gasteiger partial charge >= 0.3 is 47.6 Å². The van der Waals surface area contributed by atoms with Crippen LogP contribution in [0.15, 0.2) is 0 Å². The van der Waals surface area contributed by atoms with E-state index in [1.54, 1.807) is 5.32 Å². The van der Waals surface area contributed by atoms with Gasteiger partial charge < -0.3 is 11.1 Å². The van der Waals surface area contributed by atoms with Crippen LogP contribution >= 0.6 is 0 Å². The summed E-state index contributed by atoms with van der Waals surface area (Å²) in [7, 11) is 0. The van der Waals surface area contributed by atoms with Crippen LogP contribution in [0.3, 0.4) is 0 Å². The molecule has 0 fully saturated rings. The summed E-state index contributed by atoms with van der Waals surface area (Å²) in [6, 6.07) is 0. The zero-order chi connectivity index (χ0) is 27.1. The van der Waals surface area contributed by atoms with Crippen molar-refractivity contribution in [1.29, 1.82) is 0 Å². The monoisotopic (exact) mass is 534 g/mol. The van der Waals surface area contributed by atoms with Crippen LogP contribution in [0.1, 0.15) is 12.8 Å². The average Bonchev–Trinajstić information content (AvgIpc) is 2.58. The number of nitrogens with two attached hydrogens (primary N) is 1. The maximum Gasteiger partial charge on any atom is 0.460 e. The van der Waals surface area contributed by atoms with Gasteiger partial charge in [-0.1, -0.05) is 0 Å². The molecule has 0 unspecified atom stereocenters. The number of hydrogen-bond acceptors (Lipinski definition) is 2. The highest BCUT2D eigenvalue weighted by molar-refractivity contribution is 5.73. The molecule has 0 aliphatic rings. The topological polar surface area (TPSA) is 55.1 Å². The first-order chi connectivity index (χ1) is 14.2. The second-order valence-corrected chi connectivity index (χ2v) is 6.36. The lowest BCUT2D eigenvalue weighted by molar-refractivity contribution is -0.461. The molecule has 3 N–H and O–H groups in total. The molecule has 0 saturated heterocycles. The molecule has 0 spiro atoms. The summed E-state index contributed by atoms with van der Waals surface area (Å²) in [5.74, 6) is -57.4. The van der Waals surface area contributed by atoms with Gasteiger partial charge in [-0.2, -0.15) is 74.6 Å². The molecule has 0 radical (unpaired) electrons. The van der Waals surface area contributed by atoms with Crippen molar-refractivity contribution >= 4 is 5.91 Å². The summed E-state index contributed by atoms with van der Waals surface area (Å²) in [6.45, 7) is -2.18. The van der Waals surface area contributed by atoms with Crippen molar-refractivity contribution < 1.29 is 79.4 Å². The van der Waals surface area contributed by atoms with Gasteiger partial charge in [-0.05, 0) is 0 Å². The largest absolute Gasteiger partial charge is 0.460 e. The number of rotatable bonds is 12. The van der Waals surface area contributed by atoms with Gasteiger partial charge in [0.2, 0.25) is 5.91 Å². The van der Waals surface area contributed by atoms with E-state index in [2.05, 4.69) is 5.73 Å². The standard InChI is InChI=1S/C13H11F17N2O/c14-6(15,2-4-32-3-1-5(31)33)7(16,17)8(18,19)9(20,21)10(22,23)11(24,25)12(26,27)13(28,29)30/h32H,1-4H2,(H2,31,33). The predicted molar refractivity (Wildman–Crippen MR) is 72.0 cm³/mol. The highest BCUT2D eigenvalue weighted by Crippen LogP contribution is 2.64. The number of nitrogens with one attached hydrogen (secondary N) is 1. The second kappa shape index (κ2) is 8.79. The molecule has 20 heteroatoms. The molecule has 0 aromatic heterocycles. The molecule has 0 rings (SSSR count). The number of amides is 1. The van der Waals surface area contributed by atoms with Crippen molar-refractivity contribution in [3.05, 3.63) is 0 Å². The van der Waals surface area contributed by atoms with Crippen molar-refractivity contribution in [2.24, 2.45) is 5.73 Å². The smallest absolute Gasteiger partial charge is 0.370 e. The number of carbonyl (C=O) groups is 1. The molecular formula is C13H11F17N2O. The van der Waals surface area contributed by atoms with E-state index in [9.17, 15) is 79.4 Å². The molecule has 3 nitrogen and oxygen atoms in total. The summed E-state index contributed by atoms with van der Waals surface area (Å²) in [5.41, 5.74) is 4.58. The van der Waals surface area contributed by atoms with Gasteiger partial charge in [-0.15, -0.1) is 0 Å². The fourth-order valence-electron chi connectivity index (χ4n) is 1.94. The molecule has 0 aromatic carbocycles. The minimum atomic E-state index is -8.64. The Labute approximate surface area is 171 Å². The van der Waals surface area contributed by atoms with E-state index in [0.717, 1.165) is 0 Å². The van der Waals surface area contributed by atoms with Crippen LogP contribution in [-0.4, -0.2) is 66.6 Å². The molecule has 0 heterocycles. The van der Waals surface area contributed by atoms with Crippen LogP contribution in [-0.2, 0) is 4.79 Å². The minimum Gasteiger partial charge on any atom is -0.370 e. The molecule has 0 atom stereocenters. The Kier molecular flexibility index (Phi) is 8.32. The van der Waals surface area contributed by atoms with Gasteiger partial charge in [0, 0.05) is 25.9 Å². The summed E-state index contributed by atoms with van der Waals surface area (Å²) < 4.78 is 221. The Bertz CT molecular complexity index is 700. The van der Waals surface area contributed by atoms with Crippen molar-refractivity contribution in [1.82, 2.24) is 5.32 Å². The second-order valence-electron chi connectivity index (χ2n) is 6.36. The molecule has 33 heavy (non-hydrogen) atoms. The van der Waals surface area contributed by atoms with E-state index in [-0.39, 0.29) is 0 Å². The lowest BCUT2D eigenvalue weighted by Gasteiger charge is -2.42. The third-order valence-corrected chi connectivity index (χ3v) is 3.95. The lowest BCUT2D eigenvalue weighted by atomic mass is 9.88. The van der Waals surface area contributed by atoms with Crippen LogP contribution in [0.4, 0.5) is 74.6 Å². The highest BCUT2D eigenvalue weighted by atomic mass is 19.4. The fourth-order valence-corrected chi connectivity index (χ4v) is 1.94. The van der Waals surface area contributed by atoms with Crippen LogP contribution in [0.5, 0.6) is 0 Å². The maximum atomic E-state index is 13.5.